The summed E-state index contributed by atoms with van der Waals surface area (Å²) in [6, 6.07) is 18.9. The van der Waals surface area contributed by atoms with Gasteiger partial charge in [-0.2, -0.15) is 10.1 Å². The van der Waals surface area contributed by atoms with Crippen LogP contribution in [0.15, 0.2) is 73.1 Å². The number of anilines is 3. The molecule has 5 rings (SSSR count). The molecule has 0 aliphatic heterocycles. The Kier molecular flexibility index (Phi) is 5.19. The number of amides is 1. The highest BCUT2D eigenvalue weighted by molar-refractivity contribution is 5.92. The van der Waals surface area contributed by atoms with Crippen LogP contribution in [0, 0.1) is 0 Å². The van der Waals surface area contributed by atoms with Gasteiger partial charge in [-0.05, 0) is 30.5 Å². The Morgan fingerprint density at radius 1 is 1.06 bits per heavy atom. The maximum Gasteiger partial charge on any atom is 0.411 e. The molecule has 164 valence electrons. The lowest BCUT2D eigenvalue weighted by atomic mass is 10.1. The minimum Gasteiger partial charge on any atom is -0.506 e. The lowest BCUT2D eigenvalue weighted by Gasteiger charge is -2.10. The van der Waals surface area contributed by atoms with Crippen LogP contribution >= 0.6 is 0 Å². The van der Waals surface area contributed by atoms with Crippen LogP contribution in [-0.2, 0) is 4.74 Å². The van der Waals surface area contributed by atoms with Crippen molar-refractivity contribution in [3.05, 3.63) is 73.1 Å². The maximum absolute atomic E-state index is 11.6. The number of hydrogen-bond acceptors (Lipinski definition) is 7. The fraction of sp³-hybridized carbons (Fsp3) is 0.0833. The van der Waals surface area contributed by atoms with Crippen LogP contribution in [-0.4, -0.2) is 37.6 Å². The van der Waals surface area contributed by atoms with Gasteiger partial charge in [0.1, 0.15) is 5.75 Å². The van der Waals surface area contributed by atoms with Gasteiger partial charge < -0.3 is 15.2 Å². The zero-order valence-corrected chi connectivity index (χ0v) is 17.7. The van der Waals surface area contributed by atoms with Gasteiger partial charge in [-0.3, -0.25) is 5.32 Å². The molecule has 0 radical (unpaired) electrons. The monoisotopic (exact) mass is 440 g/mol. The molecule has 5 aromatic rings. The van der Waals surface area contributed by atoms with Crippen LogP contribution < -0.4 is 10.6 Å². The van der Waals surface area contributed by atoms with E-state index in [2.05, 4.69) is 37.8 Å². The molecule has 0 unspecified atom stereocenters. The number of carbonyl (C=O) groups excluding carboxylic acids is 1. The molecule has 0 spiro atoms. The van der Waals surface area contributed by atoms with Crippen LogP contribution in [0.1, 0.15) is 6.92 Å². The summed E-state index contributed by atoms with van der Waals surface area (Å²) in [7, 11) is 0. The van der Waals surface area contributed by atoms with Crippen molar-refractivity contribution in [2.24, 2.45) is 0 Å². The first-order chi connectivity index (χ1) is 16.1. The zero-order chi connectivity index (χ0) is 22.8. The number of phenolic OH excluding ortho intramolecular Hbond substituents is 1. The average molecular weight is 440 g/mol. The lowest BCUT2D eigenvalue weighted by molar-refractivity contribution is 0.168. The molecule has 3 N–H and O–H groups in total. The quantitative estimate of drug-likeness (QED) is 0.330. The number of rotatable bonds is 5. The third-order valence-electron chi connectivity index (χ3n) is 5.07. The van der Waals surface area contributed by atoms with Gasteiger partial charge in [-0.15, -0.1) is 0 Å². The Hall–Kier alpha value is -4.66. The van der Waals surface area contributed by atoms with Gasteiger partial charge in [-0.1, -0.05) is 36.4 Å². The average Bonchev–Trinajstić information content (AvgIpc) is 3.24. The van der Waals surface area contributed by atoms with E-state index in [1.807, 2.05) is 30.3 Å². The number of phenols is 1. The van der Waals surface area contributed by atoms with E-state index in [1.54, 1.807) is 36.1 Å². The second-order valence-corrected chi connectivity index (χ2v) is 7.23. The third-order valence-corrected chi connectivity index (χ3v) is 5.07. The molecule has 2 aromatic heterocycles. The van der Waals surface area contributed by atoms with Crippen molar-refractivity contribution in [1.29, 1.82) is 0 Å². The van der Waals surface area contributed by atoms with E-state index in [0.717, 1.165) is 21.8 Å². The highest BCUT2D eigenvalue weighted by Gasteiger charge is 2.12. The summed E-state index contributed by atoms with van der Waals surface area (Å²) in [5, 5.41) is 23.3. The van der Waals surface area contributed by atoms with Gasteiger partial charge >= 0.3 is 6.09 Å². The van der Waals surface area contributed by atoms with E-state index in [1.165, 1.54) is 6.07 Å². The molecule has 1 amide bonds. The number of hydrogen-bond donors (Lipinski definition) is 3. The summed E-state index contributed by atoms with van der Waals surface area (Å²) in [5.41, 5.74) is 2.36. The van der Waals surface area contributed by atoms with Crippen LogP contribution in [0.3, 0.4) is 0 Å². The molecular weight excluding hydrogens is 420 g/mol. The van der Waals surface area contributed by atoms with Gasteiger partial charge in [0.15, 0.2) is 5.65 Å². The summed E-state index contributed by atoms with van der Waals surface area (Å²) in [4.78, 5) is 20.6. The maximum atomic E-state index is 11.6. The summed E-state index contributed by atoms with van der Waals surface area (Å²) >= 11 is 0. The highest BCUT2D eigenvalue weighted by Crippen LogP contribution is 2.29. The Balaban J connectivity index is 1.46. The van der Waals surface area contributed by atoms with Crippen LogP contribution in [0.4, 0.5) is 22.1 Å². The van der Waals surface area contributed by atoms with Crippen molar-refractivity contribution < 1.29 is 14.6 Å². The topological polar surface area (TPSA) is 114 Å². The Morgan fingerprint density at radius 3 is 2.76 bits per heavy atom. The molecule has 2 heterocycles. The Morgan fingerprint density at radius 2 is 1.91 bits per heavy atom. The molecule has 9 heteroatoms. The van der Waals surface area contributed by atoms with Crippen LogP contribution in [0.5, 0.6) is 5.75 Å². The number of benzene rings is 3. The molecule has 0 bridgehead atoms. The SMILES string of the molecule is CCOC(=O)Nc1ccc(Nc2ncc3cnn(-c4cccc5ccccc45)c3n2)cc1O. The van der Waals surface area contributed by atoms with Gasteiger partial charge in [-0.25, -0.2) is 14.5 Å². The molecule has 0 aliphatic carbocycles. The van der Waals surface area contributed by atoms with Crippen molar-refractivity contribution >= 4 is 45.2 Å². The van der Waals surface area contributed by atoms with Gasteiger partial charge in [0.25, 0.3) is 0 Å². The second kappa shape index (κ2) is 8.46. The van der Waals surface area contributed by atoms with Crippen molar-refractivity contribution in [2.45, 2.75) is 6.92 Å². The first-order valence-electron chi connectivity index (χ1n) is 10.3. The number of nitrogens with one attached hydrogen (secondary N) is 2. The van der Waals surface area contributed by atoms with E-state index in [0.29, 0.717) is 17.3 Å². The highest BCUT2D eigenvalue weighted by atomic mass is 16.5. The summed E-state index contributed by atoms with van der Waals surface area (Å²) < 4.78 is 6.62. The van der Waals surface area contributed by atoms with E-state index in [9.17, 15) is 9.90 Å². The van der Waals surface area contributed by atoms with E-state index < -0.39 is 6.09 Å². The normalized spacial score (nSPS) is 10.9. The minimum absolute atomic E-state index is 0.116. The molecule has 3 aromatic carbocycles. The number of carbonyl (C=O) groups is 1. The van der Waals surface area contributed by atoms with Gasteiger partial charge in [0.05, 0.1) is 29.6 Å². The van der Waals surface area contributed by atoms with Crippen molar-refractivity contribution in [2.75, 3.05) is 17.2 Å². The predicted molar refractivity (Wildman–Crippen MR) is 126 cm³/mol. The minimum atomic E-state index is -0.635. The van der Waals surface area contributed by atoms with Crippen LogP contribution in [0.2, 0.25) is 0 Å². The first-order valence-corrected chi connectivity index (χ1v) is 10.3. The number of aromatic hydroxyl groups is 1. The number of ether oxygens (including phenoxy) is 1. The smallest absolute Gasteiger partial charge is 0.411 e. The van der Waals surface area contributed by atoms with Gasteiger partial charge in [0, 0.05) is 23.3 Å². The van der Waals surface area contributed by atoms with Gasteiger partial charge in [0.2, 0.25) is 5.95 Å². The zero-order valence-electron chi connectivity index (χ0n) is 17.7. The van der Waals surface area contributed by atoms with Crippen molar-refractivity contribution in [1.82, 2.24) is 19.7 Å². The standard InChI is InChI=1S/C24H20N6O3/c1-2-33-24(32)28-19-11-10-17(12-21(19)31)27-23-25-13-16-14-26-30(22(16)29-23)20-9-5-7-15-6-3-4-8-18(15)20/h3-14,31H,2H2,1H3,(H,28,32)(H,25,27,29). The second-order valence-electron chi connectivity index (χ2n) is 7.23. The van der Waals surface area contributed by atoms with E-state index >= 15 is 0 Å². The first kappa shape index (κ1) is 20.3. The molecule has 9 nitrogen and oxygen atoms in total. The Bertz CT molecular complexity index is 1470. The summed E-state index contributed by atoms with van der Waals surface area (Å²) in [5.74, 6) is 0.227. The number of aromatic nitrogens is 4. The van der Waals surface area contributed by atoms with Crippen molar-refractivity contribution in [3.8, 4) is 11.4 Å². The molecule has 0 saturated carbocycles. The largest absolute Gasteiger partial charge is 0.506 e. The van der Waals surface area contributed by atoms with E-state index in [-0.39, 0.29) is 18.0 Å². The lowest BCUT2D eigenvalue weighted by Crippen LogP contribution is -2.13. The number of fused-ring (bicyclic) bond motifs is 2. The van der Waals surface area contributed by atoms with Crippen LogP contribution in [0.25, 0.3) is 27.5 Å². The molecule has 0 atom stereocenters. The molecular formula is C24H20N6O3. The Labute approximate surface area is 188 Å². The molecule has 33 heavy (non-hydrogen) atoms. The molecule has 0 fully saturated rings. The fourth-order valence-corrected chi connectivity index (χ4v) is 3.57. The van der Waals surface area contributed by atoms with Crippen molar-refractivity contribution in [3.63, 3.8) is 0 Å². The summed E-state index contributed by atoms with van der Waals surface area (Å²) in [6.07, 6.45) is 2.78. The predicted octanol–water partition coefficient (Wildman–Crippen LogP) is 4.99. The number of nitrogens with zero attached hydrogens (tertiary/aromatic N) is 4. The fourth-order valence-electron chi connectivity index (χ4n) is 3.57. The molecule has 0 saturated heterocycles. The third kappa shape index (κ3) is 3.99. The van der Waals surface area contributed by atoms with E-state index in [4.69, 9.17) is 4.74 Å². The summed E-state index contributed by atoms with van der Waals surface area (Å²) in [6.45, 7) is 1.94. The molecule has 0 aliphatic rings.